The first-order chi connectivity index (χ1) is 13.8. The lowest BCUT2D eigenvalue weighted by Gasteiger charge is -2.19. The number of para-hydroxylation sites is 1. The van der Waals surface area contributed by atoms with Crippen molar-refractivity contribution < 1.29 is 17.9 Å². The highest BCUT2D eigenvalue weighted by atomic mass is 32.2. The number of rotatable bonds is 10. The standard InChI is InChI=1S/C22H30N2O4S/c1-5-24(6-2)29(26,27)20-13-11-19(12-14-20)18(4)23-22(25)15-16-28-21-10-8-7-9-17(21)3/h7-14,18H,5-6,15-16H2,1-4H3,(H,23,25). The number of carbonyl (C=O) groups excluding carboxylic acids is 1. The molecule has 0 aliphatic carbocycles. The molecule has 1 N–H and O–H groups in total. The van der Waals surface area contributed by atoms with Crippen molar-refractivity contribution >= 4 is 15.9 Å². The van der Waals surface area contributed by atoms with Crippen LogP contribution in [0.5, 0.6) is 5.75 Å². The van der Waals surface area contributed by atoms with Crippen molar-refractivity contribution in [3.63, 3.8) is 0 Å². The Balaban J connectivity index is 1.91. The average molecular weight is 419 g/mol. The van der Waals surface area contributed by atoms with Gasteiger partial charge in [0.05, 0.1) is 24.0 Å². The SMILES string of the molecule is CCN(CC)S(=O)(=O)c1ccc(C(C)NC(=O)CCOc2ccccc2C)cc1. The third-order valence-electron chi connectivity index (χ3n) is 4.78. The normalized spacial score (nSPS) is 12.6. The van der Waals surface area contributed by atoms with Crippen LogP contribution in [-0.2, 0) is 14.8 Å². The minimum Gasteiger partial charge on any atom is -0.493 e. The van der Waals surface area contributed by atoms with E-state index >= 15 is 0 Å². The van der Waals surface area contributed by atoms with Crippen LogP contribution < -0.4 is 10.1 Å². The molecule has 0 saturated carbocycles. The largest absolute Gasteiger partial charge is 0.493 e. The van der Waals surface area contributed by atoms with Crippen molar-refractivity contribution in [1.29, 1.82) is 0 Å². The first-order valence-electron chi connectivity index (χ1n) is 9.87. The number of hydrogen-bond acceptors (Lipinski definition) is 4. The quantitative estimate of drug-likeness (QED) is 0.639. The fraction of sp³-hybridized carbons (Fsp3) is 0.409. The molecule has 158 valence electrons. The minimum atomic E-state index is -3.48. The molecule has 7 heteroatoms. The van der Waals surface area contributed by atoms with Crippen LogP contribution in [0.25, 0.3) is 0 Å². The van der Waals surface area contributed by atoms with E-state index in [0.29, 0.717) is 19.7 Å². The number of aryl methyl sites for hydroxylation is 1. The molecule has 0 saturated heterocycles. The first-order valence-corrected chi connectivity index (χ1v) is 11.3. The summed E-state index contributed by atoms with van der Waals surface area (Å²) in [5.41, 5.74) is 1.87. The van der Waals surface area contributed by atoms with Gasteiger partial charge in [-0.15, -0.1) is 0 Å². The van der Waals surface area contributed by atoms with Gasteiger partial charge in [0.2, 0.25) is 15.9 Å². The van der Waals surface area contributed by atoms with Crippen LogP contribution in [0.3, 0.4) is 0 Å². The minimum absolute atomic E-state index is 0.120. The van der Waals surface area contributed by atoms with E-state index in [1.807, 2.05) is 52.0 Å². The van der Waals surface area contributed by atoms with Crippen LogP contribution in [0.15, 0.2) is 53.4 Å². The molecule has 2 aromatic carbocycles. The molecule has 0 aromatic heterocycles. The summed E-state index contributed by atoms with van der Waals surface area (Å²) >= 11 is 0. The van der Waals surface area contributed by atoms with Gasteiger partial charge in [0, 0.05) is 13.1 Å². The van der Waals surface area contributed by atoms with Crippen LogP contribution in [0.2, 0.25) is 0 Å². The highest BCUT2D eigenvalue weighted by Gasteiger charge is 2.21. The van der Waals surface area contributed by atoms with Crippen LogP contribution >= 0.6 is 0 Å². The molecule has 1 atom stereocenters. The second kappa shape index (κ2) is 10.4. The molecule has 0 fully saturated rings. The van der Waals surface area contributed by atoms with Crippen molar-refractivity contribution in [3.05, 3.63) is 59.7 Å². The lowest BCUT2D eigenvalue weighted by molar-refractivity contribution is -0.122. The van der Waals surface area contributed by atoms with E-state index < -0.39 is 10.0 Å². The van der Waals surface area contributed by atoms with E-state index in [0.717, 1.165) is 16.9 Å². The third kappa shape index (κ3) is 6.05. The molecule has 1 unspecified atom stereocenters. The van der Waals surface area contributed by atoms with E-state index in [4.69, 9.17) is 4.74 Å². The Morgan fingerprint density at radius 3 is 2.28 bits per heavy atom. The fourth-order valence-electron chi connectivity index (χ4n) is 3.01. The molecule has 0 spiro atoms. The third-order valence-corrected chi connectivity index (χ3v) is 6.85. The summed E-state index contributed by atoms with van der Waals surface area (Å²) in [5.74, 6) is 0.657. The van der Waals surface area contributed by atoms with Gasteiger partial charge in [-0.1, -0.05) is 44.2 Å². The van der Waals surface area contributed by atoms with Crippen molar-refractivity contribution in [2.24, 2.45) is 0 Å². The Bertz CT molecular complexity index is 907. The first kappa shape index (κ1) is 22.9. The highest BCUT2D eigenvalue weighted by Crippen LogP contribution is 2.20. The average Bonchev–Trinajstić information content (AvgIpc) is 2.70. The van der Waals surface area contributed by atoms with E-state index in [1.54, 1.807) is 24.3 Å². The Hall–Kier alpha value is -2.38. The number of carbonyl (C=O) groups is 1. The summed E-state index contributed by atoms with van der Waals surface area (Å²) in [6, 6.07) is 14.1. The monoisotopic (exact) mass is 418 g/mol. The molecule has 2 aromatic rings. The van der Waals surface area contributed by atoms with Crippen molar-refractivity contribution in [2.75, 3.05) is 19.7 Å². The number of sulfonamides is 1. The number of amides is 1. The zero-order valence-electron chi connectivity index (χ0n) is 17.5. The second-order valence-corrected chi connectivity index (χ2v) is 8.75. The van der Waals surface area contributed by atoms with Gasteiger partial charge >= 0.3 is 0 Å². The zero-order valence-corrected chi connectivity index (χ0v) is 18.3. The summed E-state index contributed by atoms with van der Waals surface area (Å²) in [6.07, 6.45) is 0.243. The Morgan fingerprint density at radius 1 is 1.07 bits per heavy atom. The summed E-state index contributed by atoms with van der Waals surface area (Å²) in [6.45, 7) is 8.61. The van der Waals surface area contributed by atoms with Gasteiger partial charge in [-0.05, 0) is 43.2 Å². The Kier molecular flexibility index (Phi) is 8.22. The number of nitrogens with zero attached hydrogens (tertiary/aromatic N) is 1. The molecule has 0 heterocycles. The molecule has 1 amide bonds. The van der Waals surface area contributed by atoms with Gasteiger partial charge in [-0.25, -0.2) is 8.42 Å². The molecule has 0 bridgehead atoms. The zero-order chi connectivity index (χ0) is 21.4. The van der Waals surface area contributed by atoms with Crippen molar-refractivity contribution in [1.82, 2.24) is 9.62 Å². The predicted octanol–water partition coefficient (Wildman–Crippen LogP) is 3.67. The van der Waals surface area contributed by atoms with Gasteiger partial charge in [0.25, 0.3) is 0 Å². The van der Waals surface area contributed by atoms with E-state index in [-0.39, 0.29) is 23.3 Å². The molecule has 0 aliphatic rings. The van der Waals surface area contributed by atoms with Crippen LogP contribution in [0.4, 0.5) is 0 Å². The second-order valence-electron chi connectivity index (χ2n) is 6.81. The van der Waals surface area contributed by atoms with Crippen LogP contribution in [0.1, 0.15) is 44.4 Å². The number of nitrogens with one attached hydrogen (secondary N) is 1. The molecule has 2 rings (SSSR count). The van der Waals surface area contributed by atoms with Crippen molar-refractivity contribution in [3.8, 4) is 5.75 Å². The van der Waals surface area contributed by atoms with Gasteiger partial charge in [0.1, 0.15) is 5.75 Å². The van der Waals surface area contributed by atoms with Gasteiger partial charge < -0.3 is 10.1 Å². The van der Waals surface area contributed by atoms with E-state index in [2.05, 4.69) is 5.32 Å². The molecule has 0 aliphatic heterocycles. The molecule has 6 nitrogen and oxygen atoms in total. The lowest BCUT2D eigenvalue weighted by Crippen LogP contribution is -2.30. The summed E-state index contributed by atoms with van der Waals surface area (Å²) in [4.78, 5) is 12.5. The summed E-state index contributed by atoms with van der Waals surface area (Å²) < 4.78 is 32.2. The summed E-state index contributed by atoms with van der Waals surface area (Å²) in [7, 11) is -3.48. The van der Waals surface area contributed by atoms with Crippen LogP contribution in [-0.4, -0.2) is 38.3 Å². The predicted molar refractivity (Wildman–Crippen MR) is 114 cm³/mol. The maximum absolute atomic E-state index is 12.6. The number of benzene rings is 2. The smallest absolute Gasteiger partial charge is 0.243 e. The molecule has 29 heavy (non-hydrogen) atoms. The number of hydrogen-bond donors (Lipinski definition) is 1. The maximum Gasteiger partial charge on any atom is 0.243 e. The molecule has 0 radical (unpaired) electrons. The lowest BCUT2D eigenvalue weighted by atomic mass is 10.1. The van der Waals surface area contributed by atoms with E-state index in [9.17, 15) is 13.2 Å². The van der Waals surface area contributed by atoms with Crippen LogP contribution in [0, 0.1) is 6.92 Å². The number of ether oxygens (including phenoxy) is 1. The topological polar surface area (TPSA) is 75.7 Å². The van der Waals surface area contributed by atoms with E-state index in [1.165, 1.54) is 4.31 Å². The van der Waals surface area contributed by atoms with Gasteiger partial charge in [-0.2, -0.15) is 4.31 Å². The fourth-order valence-corrected chi connectivity index (χ4v) is 4.47. The Labute approximate surface area is 173 Å². The maximum atomic E-state index is 12.6. The Morgan fingerprint density at radius 2 is 1.69 bits per heavy atom. The highest BCUT2D eigenvalue weighted by molar-refractivity contribution is 7.89. The molecular formula is C22H30N2O4S. The van der Waals surface area contributed by atoms with Gasteiger partial charge in [-0.3, -0.25) is 4.79 Å². The molecular weight excluding hydrogens is 388 g/mol. The van der Waals surface area contributed by atoms with Gasteiger partial charge in [0.15, 0.2) is 0 Å². The summed E-state index contributed by atoms with van der Waals surface area (Å²) in [5, 5.41) is 2.92. The van der Waals surface area contributed by atoms with Crippen molar-refractivity contribution in [2.45, 2.75) is 45.1 Å².